The third kappa shape index (κ3) is 3.72. The molecular weight excluding hydrogens is 258 g/mol. The number of aliphatic hydroxyl groups is 1. The van der Waals surface area contributed by atoms with Crippen molar-refractivity contribution in [3.8, 4) is 0 Å². The third-order valence-corrected chi connectivity index (χ3v) is 4.79. The Morgan fingerprint density at radius 1 is 1.20 bits per heavy atom. The van der Waals surface area contributed by atoms with Gasteiger partial charge in [-0.2, -0.15) is 0 Å². The monoisotopic (exact) mass is 285 g/mol. The summed E-state index contributed by atoms with van der Waals surface area (Å²) in [5.41, 5.74) is -1.77. The molecule has 116 valence electrons. The number of likely N-dealkylation sites (N-methyl/N-ethyl adjacent to an activating group) is 1. The molecule has 0 aromatic rings. The van der Waals surface area contributed by atoms with Crippen molar-refractivity contribution in [2.75, 3.05) is 13.6 Å². The molecule has 0 aliphatic heterocycles. The van der Waals surface area contributed by atoms with E-state index in [1.54, 1.807) is 20.9 Å². The van der Waals surface area contributed by atoms with Crippen molar-refractivity contribution in [3.05, 3.63) is 0 Å². The first-order chi connectivity index (χ1) is 9.28. The molecule has 1 saturated carbocycles. The van der Waals surface area contributed by atoms with Gasteiger partial charge in [-0.1, -0.05) is 26.7 Å². The Hall–Kier alpha value is -1.10. The zero-order valence-electron chi connectivity index (χ0n) is 12.8. The highest BCUT2D eigenvalue weighted by molar-refractivity contribution is 5.84. The fraction of sp³-hybridized carbons (Fsp3) is 0.867. The minimum atomic E-state index is -0.983. The summed E-state index contributed by atoms with van der Waals surface area (Å²) in [7, 11) is 1.65. The summed E-state index contributed by atoms with van der Waals surface area (Å²) in [4.78, 5) is 25.2. The van der Waals surface area contributed by atoms with Gasteiger partial charge in [0.15, 0.2) is 0 Å². The topological polar surface area (TPSA) is 77.8 Å². The van der Waals surface area contributed by atoms with Gasteiger partial charge in [0.05, 0.1) is 11.0 Å². The molecule has 0 bridgehead atoms. The molecule has 1 fully saturated rings. The molecule has 20 heavy (non-hydrogen) atoms. The van der Waals surface area contributed by atoms with Gasteiger partial charge in [0, 0.05) is 20.0 Å². The minimum absolute atomic E-state index is 0.00190. The molecule has 2 N–H and O–H groups in total. The summed E-state index contributed by atoms with van der Waals surface area (Å²) >= 11 is 0. The second kappa shape index (κ2) is 6.57. The van der Waals surface area contributed by atoms with Gasteiger partial charge in [-0.15, -0.1) is 0 Å². The highest BCUT2D eigenvalue weighted by Gasteiger charge is 2.39. The van der Waals surface area contributed by atoms with E-state index < -0.39 is 17.0 Å². The molecule has 1 aliphatic rings. The normalized spacial score (nSPS) is 18.0. The first kappa shape index (κ1) is 17.0. The highest BCUT2D eigenvalue weighted by Crippen LogP contribution is 2.33. The van der Waals surface area contributed by atoms with Crippen molar-refractivity contribution >= 4 is 11.9 Å². The predicted octanol–water partition coefficient (Wildman–Crippen LogP) is 2.03. The van der Waals surface area contributed by atoms with Gasteiger partial charge in [-0.05, 0) is 25.7 Å². The Labute approximate surface area is 121 Å². The summed E-state index contributed by atoms with van der Waals surface area (Å²) in [6, 6.07) is 0. The standard InChI is InChI=1S/C15H27NO4/c1-4-14(5-2,13(18)19)10-12(17)16(3)11-15(20)8-6-7-9-15/h20H,4-11H2,1-3H3,(H,18,19). The van der Waals surface area contributed by atoms with Crippen LogP contribution in [0.4, 0.5) is 0 Å². The molecule has 0 radical (unpaired) electrons. The number of hydrogen-bond donors (Lipinski definition) is 2. The Morgan fingerprint density at radius 3 is 2.10 bits per heavy atom. The van der Waals surface area contributed by atoms with Gasteiger partial charge in [0.25, 0.3) is 0 Å². The number of rotatable bonds is 7. The van der Waals surface area contributed by atoms with Crippen molar-refractivity contribution in [1.29, 1.82) is 0 Å². The highest BCUT2D eigenvalue weighted by atomic mass is 16.4. The Bertz CT molecular complexity index is 357. The Kier molecular flexibility index (Phi) is 5.57. The van der Waals surface area contributed by atoms with Gasteiger partial charge in [-0.3, -0.25) is 9.59 Å². The largest absolute Gasteiger partial charge is 0.481 e. The van der Waals surface area contributed by atoms with E-state index in [0.29, 0.717) is 19.4 Å². The van der Waals surface area contributed by atoms with Crippen molar-refractivity contribution < 1.29 is 19.8 Å². The second-order valence-corrected chi connectivity index (χ2v) is 6.15. The molecule has 1 amide bonds. The fourth-order valence-electron chi connectivity index (χ4n) is 3.02. The van der Waals surface area contributed by atoms with E-state index in [1.165, 1.54) is 4.90 Å². The first-order valence-electron chi connectivity index (χ1n) is 7.48. The number of carbonyl (C=O) groups excluding carboxylic acids is 1. The smallest absolute Gasteiger partial charge is 0.310 e. The van der Waals surface area contributed by atoms with E-state index in [4.69, 9.17) is 0 Å². The molecule has 0 spiro atoms. The van der Waals surface area contributed by atoms with E-state index in [9.17, 15) is 19.8 Å². The van der Waals surface area contributed by atoms with E-state index in [1.807, 2.05) is 0 Å². The van der Waals surface area contributed by atoms with E-state index in [-0.39, 0.29) is 12.3 Å². The minimum Gasteiger partial charge on any atom is -0.481 e. The molecule has 0 saturated heterocycles. The number of carbonyl (C=O) groups is 2. The number of carboxylic acids is 1. The molecule has 0 atom stereocenters. The number of amides is 1. The lowest BCUT2D eigenvalue weighted by Crippen LogP contribution is -2.44. The van der Waals surface area contributed by atoms with Crippen LogP contribution in [-0.2, 0) is 9.59 Å². The van der Waals surface area contributed by atoms with Gasteiger partial charge < -0.3 is 15.1 Å². The Morgan fingerprint density at radius 2 is 1.70 bits per heavy atom. The maximum Gasteiger partial charge on any atom is 0.310 e. The number of aliphatic carboxylic acids is 1. The van der Waals surface area contributed by atoms with Crippen molar-refractivity contribution in [2.24, 2.45) is 5.41 Å². The summed E-state index contributed by atoms with van der Waals surface area (Å²) < 4.78 is 0. The SMILES string of the molecule is CCC(CC)(CC(=O)N(C)CC1(O)CCCC1)C(=O)O. The van der Waals surface area contributed by atoms with Crippen LogP contribution in [0.2, 0.25) is 0 Å². The molecule has 0 heterocycles. The fourth-order valence-corrected chi connectivity index (χ4v) is 3.02. The number of nitrogens with zero attached hydrogens (tertiary/aromatic N) is 1. The van der Waals surface area contributed by atoms with Gasteiger partial charge in [0.1, 0.15) is 0 Å². The molecule has 0 aromatic heterocycles. The number of carboxylic acid groups (broad SMARTS) is 1. The van der Waals surface area contributed by atoms with E-state index in [2.05, 4.69) is 0 Å². The summed E-state index contributed by atoms with van der Waals surface area (Å²) in [6.07, 6.45) is 4.28. The molecular formula is C15H27NO4. The Balaban J connectivity index is 2.66. The van der Waals surface area contributed by atoms with Crippen molar-refractivity contribution in [1.82, 2.24) is 4.90 Å². The van der Waals surface area contributed by atoms with Crippen LogP contribution in [0.5, 0.6) is 0 Å². The average Bonchev–Trinajstić information content (AvgIpc) is 2.81. The predicted molar refractivity (Wildman–Crippen MR) is 76.3 cm³/mol. The van der Waals surface area contributed by atoms with Crippen LogP contribution < -0.4 is 0 Å². The maximum atomic E-state index is 12.3. The van der Waals surface area contributed by atoms with Crippen LogP contribution in [0.15, 0.2) is 0 Å². The summed E-state index contributed by atoms with van der Waals surface area (Å²) in [5.74, 6) is -1.11. The van der Waals surface area contributed by atoms with Crippen LogP contribution in [0.25, 0.3) is 0 Å². The molecule has 1 aliphatic carbocycles. The van der Waals surface area contributed by atoms with E-state index >= 15 is 0 Å². The van der Waals surface area contributed by atoms with Crippen molar-refractivity contribution in [2.45, 2.75) is 64.4 Å². The zero-order valence-corrected chi connectivity index (χ0v) is 12.8. The van der Waals surface area contributed by atoms with Crippen molar-refractivity contribution in [3.63, 3.8) is 0 Å². The summed E-state index contributed by atoms with van der Waals surface area (Å²) in [5, 5.41) is 19.7. The molecule has 5 heteroatoms. The lowest BCUT2D eigenvalue weighted by atomic mass is 9.79. The van der Waals surface area contributed by atoms with Gasteiger partial charge in [0.2, 0.25) is 5.91 Å². The molecule has 1 rings (SSSR count). The van der Waals surface area contributed by atoms with Crippen LogP contribution >= 0.6 is 0 Å². The molecule has 0 unspecified atom stereocenters. The summed E-state index contributed by atoms with van der Waals surface area (Å²) in [6.45, 7) is 3.90. The average molecular weight is 285 g/mol. The molecule has 0 aromatic carbocycles. The van der Waals surface area contributed by atoms with Crippen LogP contribution in [-0.4, -0.2) is 46.2 Å². The lowest BCUT2D eigenvalue weighted by molar-refractivity contribution is -0.154. The van der Waals surface area contributed by atoms with Crippen LogP contribution in [0.1, 0.15) is 58.8 Å². The second-order valence-electron chi connectivity index (χ2n) is 6.15. The maximum absolute atomic E-state index is 12.3. The van der Waals surface area contributed by atoms with Crippen LogP contribution in [0, 0.1) is 5.41 Å². The van der Waals surface area contributed by atoms with Crippen LogP contribution in [0.3, 0.4) is 0 Å². The quantitative estimate of drug-likeness (QED) is 0.750. The zero-order chi connectivity index (χ0) is 15.4. The molecule has 5 nitrogen and oxygen atoms in total. The number of hydrogen-bond acceptors (Lipinski definition) is 3. The van der Waals surface area contributed by atoms with Gasteiger partial charge >= 0.3 is 5.97 Å². The van der Waals surface area contributed by atoms with Gasteiger partial charge in [-0.25, -0.2) is 0 Å². The third-order valence-electron chi connectivity index (χ3n) is 4.79. The lowest BCUT2D eigenvalue weighted by Gasteiger charge is -2.32. The van der Waals surface area contributed by atoms with E-state index in [0.717, 1.165) is 25.7 Å². The first-order valence-corrected chi connectivity index (χ1v) is 7.48.